The predicted molar refractivity (Wildman–Crippen MR) is 108 cm³/mol. The third-order valence-corrected chi connectivity index (χ3v) is 4.99. The summed E-state index contributed by atoms with van der Waals surface area (Å²) in [6.07, 6.45) is 5.48. The minimum absolute atomic E-state index is 0.103. The summed E-state index contributed by atoms with van der Waals surface area (Å²) in [7, 11) is 1.42. The number of carbonyl (C=O) groups excluding carboxylic acids is 2. The summed E-state index contributed by atoms with van der Waals surface area (Å²) in [5.41, 5.74) is 0.516. The third kappa shape index (κ3) is 5.10. The number of carbonyl (C=O) groups is 2. The van der Waals surface area contributed by atoms with E-state index in [1.54, 1.807) is 24.3 Å². The molecule has 0 atom stereocenters. The lowest BCUT2D eigenvalue weighted by Crippen LogP contribution is -2.36. The zero-order valence-corrected chi connectivity index (χ0v) is 16.1. The first-order valence-electron chi connectivity index (χ1n) is 9.52. The Morgan fingerprint density at radius 2 is 1.72 bits per heavy atom. The predicted octanol–water partition coefficient (Wildman–Crippen LogP) is 3.92. The molecule has 1 aliphatic carbocycles. The van der Waals surface area contributed by atoms with Crippen LogP contribution >= 0.6 is 0 Å². The standard InChI is InChI=1S/C21H23N3O5/c1-29-17-11-12-19(24(27)28)18(13-17)21(26)23-16-9-7-14(8-10-16)20(25)22-15-5-3-2-4-6-15/h7-13,15H,2-6H2,1H3,(H,22,25)(H,23,26). The lowest BCUT2D eigenvalue weighted by molar-refractivity contribution is -0.385. The lowest BCUT2D eigenvalue weighted by Gasteiger charge is -2.22. The molecule has 0 saturated heterocycles. The van der Waals surface area contributed by atoms with E-state index in [1.807, 2.05) is 0 Å². The summed E-state index contributed by atoms with van der Waals surface area (Å²) in [5.74, 6) is -0.427. The van der Waals surface area contributed by atoms with Gasteiger partial charge in [0.25, 0.3) is 17.5 Å². The highest BCUT2D eigenvalue weighted by molar-refractivity contribution is 6.07. The summed E-state index contributed by atoms with van der Waals surface area (Å²) < 4.78 is 5.05. The van der Waals surface area contributed by atoms with Crippen LogP contribution in [0, 0.1) is 10.1 Å². The van der Waals surface area contributed by atoms with Gasteiger partial charge in [0.15, 0.2) is 0 Å². The number of nitro groups is 1. The number of nitrogens with zero attached hydrogens (tertiary/aromatic N) is 1. The molecule has 0 aromatic heterocycles. The number of nitrogens with one attached hydrogen (secondary N) is 2. The molecule has 29 heavy (non-hydrogen) atoms. The van der Waals surface area contributed by atoms with Crippen molar-refractivity contribution >= 4 is 23.2 Å². The average molecular weight is 397 g/mol. The second kappa shape index (κ2) is 9.18. The molecule has 8 nitrogen and oxygen atoms in total. The van der Waals surface area contributed by atoms with Crippen LogP contribution in [0.5, 0.6) is 5.75 Å². The quantitative estimate of drug-likeness (QED) is 0.567. The highest BCUT2D eigenvalue weighted by Crippen LogP contribution is 2.25. The molecule has 0 heterocycles. The van der Waals surface area contributed by atoms with Gasteiger partial charge in [0, 0.05) is 23.4 Å². The van der Waals surface area contributed by atoms with E-state index in [9.17, 15) is 19.7 Å². The molecule has 2 N–H and O–H groups in total. The first-order valence-corrected chi connectivity index (χ1v) is 9.52. The maximum atomic E-state index is 12.5. The fraction of sp³-hybridized carbons (Fsp3) is 0.333. The van der Waals surface area contributed by atoms with Crippen LogP contribution in [0.1, 0.15) is 52.8 Å². The molecule has 152 valence electrons. The van der Waals surface area contributed by atoms with E-state index in [4.69, 9.17) is 4.74 Å². The molecule has 0 radical (unpaired) electrons. The topological polar surface area (TPSA) is 111 Å². The van der Waals surface area contributed by atoms with Gasteiger partial charge in [-0.15, -0.1) is 0 Å². The first-order chi connectivity index (χ1) is 14.0. The van der Waals surface area contributed by atoms with E-state index in [1.165, 1.54) is 31.7 Å². The molecule has 2 amide bonds. The van der Waals surface area contributed by atoms with E-state index in [-0.39, 0.29) is 23.2 Å². The fourth-order valence-corrected chi connectivity index (χ4v) is 3.40. The Labute approximate surface area is 168 Å². The molecule has 3 rings (SSSR count). The van der Waals surface area contributed by atoms with Crippen molar-refractivity contribution in [2.75, 3.05) is 12.4 Å². The molecule has 1 saturated carbocycles. The summed E-state index contributed by atoms with van der Waals surface area (Å²) >= 11 is 0. The number of ether oxygens (including phenoxy) is 1. The van der Waals surface area contributed by atoms with Crippen molar-refractivity contribution in [2.24, 2.45) is 0 Å². The maximum Gasteiger partial charge on any atom is 0.282 e. The van der Waals surface area contributed by atoms with Gasteiger partial charge < -0.3 is 15.4 Å². The number of benzene rings is 2. The molecule has 1 fully saturated rings. The van der Waals surface area contributed by atoms with Crippen molar-refractivity contribution in [2.45, 2.75) is 38.1 Å². The Morgan fingerprint density at radius 1 is 1.03 bits per heavy atom. The Kier molecular flexibility index (Phi) is 6.43. The van der Waals surface area contributed by atoms with Crippen molar-refractivity contribution in [3.05, 3.63) is 63.7 Å². The Balaban J connectivity index is 1.68. The van der Waals surface area contributed by atoms with Crippen molar-refractivity contribution in [3.63, 3.8) is 0 Å². The molecule has 1 aliphatic rings. The van der Waals surface area contributed by atoms with E-state index in [0.29, 0.717) is 17.0 Å². The summed E-state index contributed by atoms with van der Waals surface area (Å²) in [5, 5.41) is 16.9. The number of hydrogen-bond acceptors (Lipinski definition) is 5. The number of hydrogen-bond donors (Lipinski definition) is 2. The smallest absolute Gasteiger partial charge is 0.282 e. The van der Waals surface area contributed by atoms with Gasteiger partial charge in [-0.2, -0.15) is 0 Å². The van der Waals surface area contributed by atoms with Gasteiger partial charge in [-0.25, -0.2) is 0 Å². The maximum absolute atomic E-state index is 12.5. The van der Waals surface area contributed by atoms with Crippen LogP contribution in [-0.2, 0) is 0 Å². The number of rotatable bonds is 6. The van der Waals surface area contributed by atoms with Gasteiger partial charge in [-0.1, -0.05) is 19.3 Å². The zero-order chi connectivity index (χ0) is 20.8. The second-order valence-electron chi connectivity index (χ2n) is 6.98. The molecular weight excluding hydrogens is 374 g/mol. The van der Waals surface area contributed by atoms with Gasteiger partial charge >= 0.3 is 0 Å². The fourth-order valence-electron chi connectivity index (χ4n) is 3.40. The largest absolute Gasteiger partial charge is 0.497 e. The van der Waals surface area contributed by atoms with E-state index < -0.39 is 10.8 Å². The Hall–Kier alpha value is -3.42. The van der Waals surface area contributed by atoms with Crippen LogP contribution in [0.2, 0.25) is 0 Å². The molecule has 2 aromatic carbocycles. The molecule has 0 aliphatic heterocycles. The highest BCUT2D eigenvalue weighted by atomic mass is 16.6. The monoisotopic (exact) mass is 397 g/mol. The minimum Gasteiger partial charge on any atom is -0.497 e. The lowest BCUT2D eigenvalue weighted by atomic mass is 9.95. The van der Waals surface area contributed by atoms with Gasteiger partial charge in [0.1, 0.15) is 11.3 Å². The van der Waals surface area contributed by atoms with Crippen molar-refractivity contribution in [1.82, 2.24) is 5.32 Å². The number of nitro benzene ring substituents is 1. The van der Waals surface area contributed by atoms with Gasteiger partial charge in [0.2, 0.25) is 0 Å². The van der Waals surface area contributed by atoms with Crippen LogP contribution in [-0.4, -0.2) is 29.9 Å². The molecule has 2 aromatic rings. The molecular formula is C21H23N3O5. The van der Waals surface area contributed by atoms with Crippen LogP contribution in [0.25, 0.3) is 0 Å². The van der Waals surface area contributed by atoms with Crippen LogP contribution in [0.15, 0.2) is 42.5 Å². The van der Waals surface area contributed by atoms with Crippen LogP contribution in [0.4, 0.5) is 11.4 Å². The van der Waals surface area contributed by atoms with Crippen molar-refractivity contribution in [3.8, 4) is 5.75 Å². The average Bonchev–Trinajstić information content (AvgIpc) is 2.74. The number of anilines is 1. The Bertz CT molecular complexity index is 905. The van der Waals surface area contributed by atoms with Gasteiger partial charge in [0.05, 0.1) is 12.0 Å². The summed E-state index contributed by atoms with van der Waals surface area (Å²) in [6.45, 7) is 0. The molecule has 8 heteroatoms. The molecule has 0 spiro atoms. The SMILES string of the molecule is COc1ccc([N+](=O)[O-])c(C(=O)Nc2ccc(C(=O)NC3CCCCC3)cc2)c1. The van der Waals surface area contributed by atoms with Crippen LogP contribution in [0.3, 0.4) is 0 Å². The van der Waals surface area contributed by atoms with Crippen LogP contribution < -0.4 is 15.4 Å². The minimum atomic E-state index is -0.630. The van der Waals surface area contributed by atoms with E-state index >= 15 is 0 Å². The molecule has 0 bridgehead atoms. The normalized spacial score (nSPS) is 14.1. The third-order valence-electron chi connectivity index (χ3n) is 4.99. The Morgan fingerprint density at radius 3 is 2.34 bits per heavy atom. The second-order valence-corrected chi connectivity index (χ2v) is 6.98. The van der Waals surface area contributed by atoms with Gasteiger partial charge in [-0.05, 0) is 49.2 Å². The van der Waals surface area contributed by atoms with E-state index in [2.05, 4.69) is 10.6 Å². The number of amides is 2. The van der Waals surface area contributed by atoms with Gasteiger partial charge in [-0.3, -0.25) is 19.7 Å². The highest BCUT2D eigenvalue weighted by Gasteiger charge is 2.21. The molecule has 0 unspecified atom stereocenters. The first kappa shape index (κ1) is 20.3. The summed E-state index contributed by atoms with van der Waals surface area (Å²) in [6, 6.07) is 10.6. The number of methoxy groups -OCH3 is 1. The summed E-state index contributed by atoms with van der Waals surface area (Å²) in [4.78, 5) is 35.5. The van der Waals surface area contributed by atoms with Crippen molar-refractivity contribution in [1.29, 1.82) is 0 Å². The zero-order valence-electron chi connectivity index (χ0n) is 16.1. The van der Waals surface area contributed by atoms with Crippen molar-refractivity contribution < 1.29 is 19.2 Å². The van der Waals surface area contributed by atoms with E-state index in [0.717, 1.165) is 25.7 Å².